The van der Waals surface area contributed by atoms with Gasteiger partial charge in [0, 0.05) is 17.6 Å². The number of carbonyl (C=O) groups is 3. The first kappa shape index (κ1) is 20.3. The molecule has 152 valence electrons. The number of benzene rings is 1. The Bertz CT molecular complexity index is 859. The summed E-state index contributed by atoms with van der Waals surface area (Å²) in [5, 5.41) is 0. The molecule has 0 unspecified atom stereocenters. The number of hydrogen-bond acceptors (Lipinski definition) is 7. The van der Waals surface area contributed by atoms with Crippen LogP contribution in [0.25, 0.3) is 0 Å². The number of nitrogens with zero attached hydrogens (tertiary/aromatic N) is 1. The highest BCUT2D eigenvalue weighted by Gasteiger charge is 2.42. The van der Waals surface area contributed by atoms with E-state index in [2.05, 4.69) is 0 Å². The largest absolute Gasteiger partial charge is 0.482 e. The maximum absolute atomic E-state index is 12.5. The van der Waals surface area contributed by atoms with E-state index < -0.39 is 22.4 Å². The van der Waals surface area contributed by atoms with Crippen molar-refractivity contribution in [3.05, 3.63) is 29.8 Å². The molecule has 8 nitrogen and oxygen atoms in total. The van der Waals surface area contributed by atoms with Gasteiger partial charge in [-0.3, -0.25) is 9.59 Å². The Labute approximate surface area is 163 Å². The van der Waals surface area contributed by atoms with Crippen LogP contribution in [-0.4, -0.2) is 67.8 Å². The van der Waals surface area contributed by atoms with Crippen LogP contribution in [0, 0.1) is 0 Å². The van der Waals surface area contributed by atoms with Gasteiger partial charge in [-0.25, -0.2) is 13.2 Å². The lowest BCUT2D eigenvalue weighted by Gasteiger charge is -2.28. The Morgan fingerprint density at radius 1 is 1.04 bits per heavy atom. The van der Waals surface area contributed by atoms with E-state index in [1.54, 1.807) is 29.2 Å². The quantitative estimate of drug-likeness (QED) is 0.465. The highest BCUT2D eigenvalue weighted by Crippen LogP contribution is 2.32. The number of ether oxygens (including phenoxy) is 2. The van der Waals surface area contributed by atoms with Crippen LogP contribution >= 0.6 is 0 Å². The van der Waals surface area contributed by atoms with Crippen molar-refractivity contribution in [2.45, 2.75) is 38.3 Å². The van der Waals surface area contributed by atoms with Crippen molar-refractivity contribution in [2.75, 3.05) is 24.7 Å². The van der Waals surface area contributed by atoms with Gasteiger partial charge in [0.15, 0.2) is 28.8 Å². The molecule has 1 atom stereocenters. The van der Waals surface area contributed by atoms with Crippen molar-refractivity contribution in [1.29, 1.82) is 0 Å². The Morgan fingerprint density at radius 2 is 1.71 bits per heavy atom. The number of sulfone groups is 1. The number of rotatable bonds is 8. The highest BCUT2D eigenvalue weighted by molar-refractivity contribution is 7.91. The topological polar surface area (TPSA) is 107 Å². The van der Waals surface area contributed by atoms with Crippen LogP contribution in [0.2, 0.25) is 0 Å². The first-order chi connectivity index (χ1) is 13.2. The van der Waals surface area contributed by atoms with E-state index in [9.17, 15) is 22.8 Å². The lowest BCUT2D eigenvalue weighted by molar-refractivity contribution is -0.154. The van der Waals surface area contributed by atoms with Gasteiger partial charge in [-0.1, -0.05) is 0 Å². The lowest BCUT2D eigenvalue weighted by Crippen LogP contribution is -2.45. The molecule has 3 rings (SSSR count). The summed E-state index contributed by atoms with van der Waals surface area (Å²) in [6.07, 6.45) is 2.11. The molecular formula is C19H23NO7S. The molecule has 1 aromatic rings. The molecule has 1 saturated heterocycles. The summed E-state index contributed by atoms with van der Waals surface area (Å²) in [6.45, 7) is 0.655. The minimum Gasteiger partial charge on any atom is -0.482 e. The third kappa shape index (κ3) is 5.31. The van der Waals surface area contributed by atoms with E-state index in [0.717, 1.165) is 12.8 Å². The molecule has 1 aliphatic heterocycles. The van der Waals surface area contributed by atoms with E-state index in [1.807, 2.05) is 0 Å². The van der Waals surface area contributed by atoms with E-state index >= 15 is 0 Å². The van der Waals surface area contributed by atoms with Crippen LogP contribution in [0.1, 0.15) is 36.5 Å². The molecule has 2 fully saturated rings. The van der Waals surface area contributed by atoms with Crippen molar-refractivity contribution in [1.82, 2.24) is 4.90 Å². The molecule has 0 N–H and O–H groups in total. The van der Waals surface area contributed by atoms with E-state index in [4.69, 9.17) is 9.47 Å². The van der Waals surface area contributed by atoms with Crippen LogP contribution in [-0.2, 0) is 24.2 Å². The maximum atomic E-state index is 12.5. The van der Waals surface area contributed by atoms with Crippen molar-refractivity contribution >= 4 is 27.5 Å². The smallest absolute Gasteiger partial charge is 0.344 e. The summed E-state index contributed by atoms with van der Waals surface area (Å²) in [7, 11) is -3.10. The van der Waals surface area contributed by atoms with Crippen molar-refractivity contribution < 1.29 is 32.3 Å². The van der Waals surface area contributed by atoms with Crippen LogP contribution < -0.4 is 4.74 Å². The average Bonchev–Trinajstić information content (AvgIpc) is 3.41. The van der Waals surface area contributed by atoms with Crippen molar-refractivity contribution in [3.63, 3.8) is 0 Å². The monoisotopic (exact) mass is 409 g/mol. The van der Waals surface area contributed by atoms with E-state index in [0.29, 0.717) is 17.7 Å². The second-order valence-electron chi connectivity index (χ2n) is 7.12. The zero-order valence-corrected chi connectivity index (χ0v) is 16.4. The van der Waals surface area contributed by atoms with Gasteiger partial charge in [-0.15, -0.1) is 0 Å². The van der Waals surface area contributed by atoms with Gasteiger partial charge in [-0.05, 0) is 50.5 Å². The summed E-state index contributed by atoms with van der Waals surface area (Å²) in [4.78, 5) is 37.2. The number of ketones is 1. The number of Topliss-reactive ketones (excluding diaryl/α,β-unsaturated/α-hetero) is 1. The minimum absolute atomic E-state index is 0.0252. The number of carbonyl (C=O) groups excluding carboxylic acids is 3. The molecule has 1 saturated carbocycles. The number of amides is 1. The average molecular weight is 409 g/mol. The Balaban J connectivity index is 1.46. The molecular weight excluding hydrogens is 386 g/mol. The Kier molecular flexibility index (Phi) is 6.02. The first-order valence-electron chi connectivity index (χ1n) is 9.16. The Morgan fingerprint density at radius 3 is 2.25 bits per heavy atom. The molecule has 0 aromatic heterocycles. The zero-order chi connectivity index (χ0) is 20.3. The number of esters is 1. The molecule has 1 aromatic carbocycles. The summed E-state index contributed by atoms with van der Waals surface area (Å²) in [5.41, 5.74) is 0.537. The fourth-order valence-electron chi connectivity index (χ4n) is 3.24. The second kappa shape index (κ2) is 8.30. The SMILES string of the molecule is CC(=O)c1ccc(OCC(=O)OCC(=O)N(C2CC2)[C@@H]2CCS(=O)(=O)C2)cc1. The fourth-order valence-corrected chi connectivity index (χ4v) is 4.95. The third-order valence-electron chi connectivity index (χ3n) is 4.80. The summed E-state index contributed by atoms with van der Waals surface area (Å²) >= 11 is 0. The van der Waals surface area contributed by atoms with E-state index in [-0.39, 0.29) is 41.9 Å². The molecule has 1 amide bonds. The minimum atomic E-state index is -3.10. The highest BCUT2D eigenvalue weighted by atomic mass is 32.2. The predicted octanol–water partition coefficient (Wildman–Crippen LogP) is 0.989. The van der Waals surface area contributed by atoms with Gasteiger partial charge in [-0.2, -0.15) is 0 Å². The molecule has 0 spiro atoms. The third-order valence-corrected chi connectivity index (χ3v) is 6.55. The van der Waals surface area contributed by atoms with Gasteiger partial charge in [0.1, 0.15) is 5.75 Å². The molecule has 1 heterocycles. The Hall–Kier alpha value is -2.42. The van der Waals surface area contributed by atoms with E-state index in [1.165, 1.54) is 6.92 Å². The van der Waals surface area contributed by atoms with Gasteiger partial charge in [0.05, 0.1) is 11.5 Å². The molecule has 0 radical (unpaired) electrons. The van der Waals surface area contributed by atoms with Crippen molar-refractivity contribution in [2.24, 2.45) is 0 Å². The number of hydrogen-bond donors (Lipinski definition) is 0. The van der Waals surface area contributed by atoms with Gasteiger partial charge >= 0.3 is 5.97 Å². The second-order valence-corrected chi connectivity index (χ2v) is 9.35. The summed E-state index contributed by atoms with van der Waals surface area (Å²) in [6, 6.07) is 6.04. The standard InChI is InChI=1S/C19H23NO7S/c1-13(21)14-2-6-17(7-3-14)26-11-19(23)27-10-18(22)20(15-4-5-15)16-8-9-28(24,25)12-16/h2-3,6-7,15-16H,4-5,8-12H2,1H3/t16-/m1/s1. The van der Waals surface area contributed by atoms with Crippen LogP contribution in [0.3, 0.4) is 0 Å². The lowest BCUT2D eigenvalue weighted by atomic mass is 10.1. The summed E-state index contributed by atoms with van der Waals surface area (Å²) in [5.74, 6) is -0.668. The molecule has 2 aliphatic rings. The predicted molar refractivity (Wildman–Crippen MR) is 99.8 cm³/mol. The molecule has 0 bridgehead atoms. The van der Waals surface area contributed by atoms with Crippen LogP contribution in [0.5, 0.6) is 5.75 Å². The maximum Gasteiger partial charge on any atom is 0.344 e. The molecule has 1 aliphatic carbocycles. The van der Waals surface area contributed by atoms with Crippen molar-refractivity contribution in [3.8, 4) is 5.75 Å². The van der Waals surface area contributed by atoms with Gasteiger partial charge in [0.2, 0.25) is 0 Å². The van der Waals surface area contributed by atoms with Crippen LogP contribution in [0.15, 0.2) is 24.3 Å². The first-order valence-corrected chi connectivity index (χ1v) is 11.0. The van der Waals surface area contributed by atoms with Crippen LogP contribution in [0.4, 0.5) is 0 Å². The zero-order valence-electron chi connectivity index (χ0n) is 15.6. The normalized spacial score (nSPS) is 20.4. The molecule has 28 heavy (non-hydrogen) atoms. The fraction of sp³-hybridized carbons (Fsp3) is 0.526. The van der Waals surface area contributed by atoms with Gasteiger partial charge < -0.3 is 14.4 Å². The van der Waals surface area contributed by atoms with Gasteiger partial charge in [0.25, 0.3) is 5.91 Å². The summed E-state index contributed by atoms with van der Waals surface area (Å²) < 4.78 is 33.7. The molecule has 9 heteroatoms.